The zero-order chi connectivity index (χ0) is 20.4. The van der Waals surface area contributed by atoms with Gasteiger partial charge in [0, 0.05) is 22.0 Å². The molecular weight excluding hydrogens is 432 g/mol. The monoisotopic (exact) mass is 448 g/mol. The number of sulfonamides is 1. The molecule has 9 heteroatoms. The van der Waals surface area contributed by atoms with Crippen LogP contribution in [0.15, 0.2) is 58.8 Å². The van der Waals surface area contributed by atoms with Crippen molar-refractivity contribution in [3.05, 3.63) is 70.2 Å². The number of nitrogens with zero attached hydrogens (tertiary/aromatic N) is 1. The molecule has 0 atom stereocenters. The van der Waals surface area contributed by atoms with Crippen molar-refractivity contribution in [2.75, 3.05) is 0 Å². The van der Waals surface area contributed by atoms with E-state index in [1.807, 2.05) is 17.5 Å². The van der Waals surface area contributed by atoms with Crippen LogP contribution in [0, 0.1) is 0 Å². The lowest BCUT2D eigenvalue weighted by Crippen LogP contribution is -2.25. The van der Waals surface area contributed by atoms with Crippen molar-refractivity contribution < 1.29 is 17.9 Å². The molecule has 4 rings (SSSR count). The Kier molecular flexibility index (Phi) is 5.69. The maximum absolute atomic E-state index is 12.4. The van der Waals surface area contributed by atoms with Crippen molar-refractivity contribution in [3.8, 4) is 10.6 Å². The number of thiazole rings is 1. The molecule has 1 heterocycles. The van der Waals surface area contributed by atoms with E-state index in [2.05, 4.69) is 9.71 Å². The first-order valence-electron chi connectivity index (χ1n) is 8.90. The van der Waals surface area contributed by atoms with Gasteiger partial charge < -0.3 is 4.74 Å². The number of carbonyl (C=O) groups is 1. The number of rotatable bonds is 7. The molecule has 1 aliphatic rings. The number of nitrogens with one attached hydrogen (secondary N) is 1. The summed E-state index contributed by atoms with van der Waals surface area (Å²) in [5.74, 6) is -0.602. The standard InChI is InChI=1S/C20H17ClN2O4S2/c21-15-6-4-13(5-7-15)19-22-17(12-28-19)11-27-20(24)14-2-1-3-18(10-14)29(25,26)23-16-8-9-16/h1-7,10,12,16,23H,8-9,11H2. The van der Waals surface area contributed by atoms with Crippen molar-refractivity contribution in [2.45, 2.75) is 30.4 Å². The maximum atomic E-state index is 12.4. The number of hydrogen-bond acceptors (Lipinski definition) is 6. The van der Waals surface area contributed by atoms with Crippen molar-refractivity contribution in [3.63, 3.8) is 0 Å². The molecule has 0 saturated heterocycles. The van der Waals surface area contributed by atoms with Crippen LogP contribution in [-0.2, 0) is 21.4 Å². The van der Waals surface area contributed by atoms with Crippen LogP contribution in [0.5, 0.6) is 0 Å². The fourth-order valence-corrected chi connectivity index (χ4v) is 4.89. The largest absolute Gasteiger partial charge is 0.456 e. The number of benzene rings is 2. The number of halogens is 1. The van der Waals surface area contributed by atoms with E-state index in [0.717, 1.165) is 23.4 Å². The summed E-state index contributed by atoms with van der Waals surface area (Å²) in [5.41, 5.74) is 1.72. The third-order valence-electron chi connectivity index (χ3n) is 4.27. The Morgan fingerprint density at radius 1 is 1.21 bits per heavy atom. The van der Waals surface area contributed by atoms with Crippen LogP contribution >= 0.6 is 22.9 Å². The van der Waals surface area contributed by atoms with Crippen LogP contribution in [0.4, 0.5) is 0 Å². The van der Waals surface area contributed by atoms with Crippen LogP contribution in [0.3, 0.4) is 0 Å². The lowest BCUT2D eigenvalue weighted by atomic mass is 10.2. The van der Waals surface area contributed by atoms with Gasteiger partial charge in [-0.05, 0) is 43.2 Å². The van der Waals surface area contributed by atoms with E-state index in [1.165, 1.54) is 35.6 Å². The minimum Gasteiger partial charge on any atom is -0.456 e. The summed E-state index contributed by atoms with van der Waals surface area (Å²) in [4.78, 5) is 16.9. The maximum Gasteiger partial charge on any atom is 0.338 e. The summed E-state index contributed by atoms with van der Waals surface area (Å²) in [6.07, 6.45) is 1.68. The van der Waals surface area contributed by atoms with Gasteiger partial charge in [0.15, 0.2) is 0 Å². The second kappa shape index (κ2) is 8.23. The van der Waals surface area contributed by atoms with E-state index in [9.17, 15) is 13.2 Å². The molecule has 6 nitrogen and oxygen atoms in total. The van der Waals surface area contributed by atoms with E-state index < -0.39 is 16.0 Å². The van der Waals surface area contributed by atoms with Gasteiger partial charge in [-0.1, -0.05) is 29.8 Å². The Morgan fingerprint density at radius 2 is 1.97 bits per heavy atom. The molecule has 0 unspecified atom stereocenters. The van der Waals surface area contributed by atoms with Gasteiger partial charge in [0.1, 0.15) is 11.6 Å². The Hall–Kier alpha value is -2.26. The molecule has 29 heavy (non-hydrogen) atoms. The molecular formula is C20H17ClN2O4S2. The van der Waals surface area contributed by atoms with E-state index in [1.54, 1.807) is 12.1 Å². The highest BCUT2D eigenvalue weighted by Crippen LogP contribution is 2.26. The summed E-state index contributed by atoms with van der Waals surface area (Å²) < 4.78 is 32.5. The Balaban J connectivity index is 1.41. The van der Waals surface area contributed by atoms with Gasteiger partial charge in [-0.2, -0.15) is 0 Å². The first kappa shape index (κ1) is 20.0. The molecule has 1 aromatic heterocycles. The van der Waals surface area contributed by atoms with Crippen LogP contribution in [0.1, 0.15) is 28.9 Å². The fourth-order valence-electron chi connectivity index (χ4n) is 2.60. The molecule has 0 radical (unpaired) electrons. The minimum atomic E-state index is -3.63. The second-order valence-corrected chi connectivity index (χ2v) is 9.66. The normalized spacial score (nSPS) is 14.0. The highest BCUT2D eigenvalue weighted by atomic mass is 35.5. The van der Waals surface area contributed by atoms with Crippen LogP contribution in [0.25, 0.3) is 10.6 Å². The van der Waals surface area contributed by atoms with Crippen LogP contribution in [0.2, 0.25) is 5.02 Å². The van der Waals surface area contributed by atoms with Crippen molar-refractivity contribution in [1.29, 1.82) is 0 Å². The van der Waals surface area contributed by atoms with E-state index >= 15 is 0 Å². The van der Waals surface area contributed by atoms with Gasteiger partial charge in [-0.15, -0.1) is 11.3 Å². The predicted molar refractivity (Wildman–Crippen MR) is 111 cm³/mol. The minimum absolute atomic E-state index is 0.000223. The zero-order valence-corrected chi connectivity index (χ0v) is 17.6. The molecule has 1 N–H and O–H groups in total. The van der Waals surface area contributed by atoms with E-state index in [4.69, 9.17) is 16.3 Å². The Morgan fingerprint density at radius 3 is 2.69 bits per heavy atom. The number of hydrogen-bond donors (Lipinski definition) is 1. The summed E-state index contributed by atoms with van der Waals surface area (Å²) in [7, 11) is -3.63. The molecule has 3 aromatic rings. The van der Waals surface area contributed by atoms with Gasteiger partial charge >= 0.3 is 5.97 Å². The molecule has 1 aliphatic carbocycles. The number of esters is 1. The van der Waals surface area contributed by atoms with Gasteiger partial charge in [-0.3, -0.25) is 0 Å². The molecule has 0 spiro atoms. The zero-order valence-electron chi connectivity index (χ0n) is 15.2. The number of carbonyl (C=O) groups excluding carboxylic acids is 1. The Bertz CT molecular complexity index is 1140. The lowest BCUT2D eigenvalue weighted by molar-refractivity contribution is 0.0468. The van der Waals surface area contributed by atoms with Crippen molar-refractivity contribution in [2.24, 2.45) is 0 Å². The highest BCUT2D eigenvalue weighted by Gasteiger charge is 2.28. The average Bonchev–Trinajstić information content (AvgIpc) is 3.39. The first-order valence-corrected chi connectivity index (χ1v) is 11.6. The van der Waals surface area contributed by atoms with Gasteiger partial charge in [0.25, 0.3) is 0 Å². The molecule has 150 valence electrons. The van der Waals surface area contributed by atoms with Crippen molar-refractivity contribution >= 4 is 38.9 Å². The Labute approximate surface area is 177 Å². The quantitative estimate of drug-likeness (QED) is 0.546. The molecule has 0 aliphatic heterocycles. The third-order valence-corrected chi connectivity index (χ3v) is 6.98. The van der Waals surface area contributed by atoms with Gasteiger partial charge in [0.05, 0.1) is 16.2 Å². The molecule has 0 bridgehead atoms. The number of ether oxygens (including phenoxy) is 1. The van der Waals surface area contributed by atoms with E-state index in [0.29, 0.717) is 10.7 Å². The van der Waals surface area contributed by atoms with Crippen LogP contribution in [-0.4, -0.2) is 25.4 Å². The van der Waals surface area contributed by atoms with Crippen molar-refractivity contribution in [1.82, 2.24) is 9.71 Å². The fraction of sp³-hybridized carbons (Fsp3) is 0.200. The van der Waals surface area contributed by atoms with Crippen LogP contribution < -0.4 is 4.72 Å². The predicted octanol–water partition coefficient (Wildman–Crippen LogP) is 4.26. The SMILES string of the molecule is O=C(OCc1csc(-c2ccc(Cl)cc2)n1)c1cccc(S(=O)(=O)NC2CC2)c1. The topological polar surface area (TPSA) is 85.4 Å². The first-order chi connectivity index (χ1) is 13.9. The number of aromatic nitrogens is 1. The summed E-state index contributed by atoms with van der Waals surface area (Å²) in [5, 5.41) is 3.26. The summed E-state index contributed by atoms with van der Waals surface area (Å²) in [6.45, 7) is 0.000223. The summed E-state index contributed by atoms with van der Waals surface area (Å²) in [6, 6.07) is 13.2. The van der Waals surface area contributed by atoms with Gasteiger partial charge in [0.2, 0.25) is 10.0 Å². The van der Waals surface area contributed by atoms with E-state index in [-0.39, 0.29) is 23.1 Å². The summed E-state index contributed by atoms with van der Waals surface area (Å²) >= 11 is 7.34. The lowest BCUT2D eigenvalue weighted by Gasteiger charge is -2.07. The average molecular weight is 449 g/mol. The molecule has 0 amide bonds. The third kappa shape index (κ3) is 5.02. The smallest absolute Gasteiger partial charge is 0.338 e. The second-order valence-electron chi connectivity index (χ2n) is 6.65. The highest BCUT2D eigenvalue weighted by molar-refractivity contribution is 7.89. The van der Waals surface area contributed by atoms with Gasteiger partial charge in [-0.25, -0.2) is 22.9 Å². The molecule has 2 aromatic carbocycles. The molecule has 1 fully saturated rings. The molecule has 1 saturated carbocycles.